The highest BCUT2D eigenvalue weighted by molar-refractivity contribution is 6.19. The zero-order valence-corrected chi connectivity index (χ0v) is 13.9. The number of hydrogen-bond acceptors (Lipinski definition) is 8. The highest BCUT2D eigenvalue weighted by atomic mass is 16.4. The maximum atomic E-state index is 12.5. The molecule has 8 N–H and O–H groups in total. The van der Waals surface area contributed by atoms with Gasteiger partial charge in [0.1, 0.15) is 17.5 Å². The fraction of sp³-hybridized carbons (Fsp3) is 0.643. The standard InChI is InChI=1S/C14H24N4O6/c1-6(18-12(22)9(16)4-5-15)11(21)14(17,13(23)24)10(7(2)19)8(3)20/h6,9-10H,4-5,15-17H2,1-3H3,(H,18,22)(H,23,24). The van der Waals surface area contributed by atoms with Gasteiger partial charge in [0.25, 0.3) is 0 Å². The van der Waals surface area contributed by atoms with Gasteiger partial charge in [-0.05, 0) is 33.7 Å². The van der Waals surface area contributed by atoms with Crippen LogP contribution in [0.2, 0.25) is 0 Å². The summed E-state index contributed by atoms with van der Waals surface area (Å²) >= 11 is 0. The summed E-state index contributed by atoms with van der Waals surface area (Å²) in [5.74, 6) is -7.33. The molecular weight excluding hydrogens is 320 g/mol. The van der Waals surface area contributed by atoms with Gasteiger partial charge in [-0.2, -0.15) is 0 Å². The summed E-state index contributed by atoms with van der Waals surface area (Å²) in [6.07, 6.45) is 0.156. The Morgan fingerprint density at radius 1 is 1.12 bits per heavy atom. The van der Waals surface area contributed by atoms with Crippen molar-refractivity contribution in [2.45, 2.75) is 44.8 Å². The molecule has 136 valence electrons. The van der Waals surface area contributed by atoms with Crippen molar-refractivity contribution in [2.24, 2.45) is 23.1 Å². The molecule has 0 heterocycles. The molecule has 3 unspecified atom stereocenters. The van der Waals surface area contributed by atoms with Crippen LogP contribution in [-0.2, 0) is 24.0 Å². The van der Waals surface area contributed by atoms with Crippen molar-refractivity contribution in [3.63, 3.8) is 0 Å². The van der Waals surface area contributed by atoms with Crippen LogP contribution >= 0.6 is 0 Å². The van der Waals surface area contributed by atoms with Gasteiger partial charge in [0.05, 0.1) is 12.1 Å². The summed E-state index contributed by atoms with van der Waals surface area (Å²) in [6, 6.07) is -2.36. The van der Waals surface area contributed by atoms with E-state index >= 15 is 0 Å². The highest BCUT2D eigenvalue weighted by Crippen LogP contribution is 2.21. The van der Waals surface area contributed by atoms with Gasteiger partial charge < -0.3 is 27.6 Å². The van der Waals surface area contributed by atoms with E-state index in [4.69, 9.17) is 17.2 Å². The molecule has 1 amide bonds. The van der Waals surface area contributed by atoms with E-state index in [1.165, 1.54) is 6.92 Å². The maximum absolute atomic E-state index is 12.5. The Kier molecular flexibility index (Phi) is 7.84. The lowest BCUT2D eigenvalue weighted by Gasteiger charge is -2.31. The smallest absolute Gasteiger partial charge is 0.332 e. The van der Waals surface area contributed by atoms with Gasteiger partial charge in [0.15, 0.2) is 11.3 Å². The zero-order chi connectivity index (χ0) is 19.2. The van der Waals surface area contributed by atoms with Crippen LogP contribution < -0.4 is 22.5 Å². The van der Waals surface area contributed by atoms with Crippen molar-refractivity contribution >= 4 is 29.2 Å². The van der Waals surface area contributed by atoms with Gasteiger partial charge >= 0.3 is 5.97 Å². The third-order valence-electron chi connectivity index (χ3n) is 3.60. The van der Waals surface area contributed by atoms with Crippen LogP contribution in [0, 0.1) is 5.92 Å². The van der Waals surface area contributed by atoms with Crippen LogP contribution in [-0.4, -0.2) is 58.5 Å². The molecule has 0 aromatic rings. The minimum absolute atomic E-state index is 0.142. The monoisotopic (exact) mass is 344 g/mol. The number of aliphatic carboxylic acids is 1. The maximum Gasteiger partial charge on any atom is 0.332 e. The van der Waals surface area contributed by atoms with Crippen molar-refractivity contribution in [3.8, 4) is 0 Å². The molecule has 24 heavy (non-hydrogen) atoms. The Bertz CT molecular complexity index is 535. The van der Waals surface area contributed by atoms with Gasteiger partial charge in [-0.3, -0.25) is 19.2 Å². The Morgan fingerprint density at radius 3 is 1.92 bits per heavy atom. The van der Waals surface area contributed by atoms with Crippen molar-refractivity contribution in [2.75, 3.05) is 6.54 Å². The van der Waals surface area contributed by atoms with Gasteiger partial charge in [-0.25, -0.2) is 4.79 Å². The number of carbonyl (C=O) groups excluding carboxylic acids is 4. The molecule has 0 aromatic heterocycles. The number of rotatable bonds is 10. The second-order valence-electron chi connectivity index (χ2n) is 5.61. The number of amides is 1. The first kappa shape index (κ1) is 21.8. The normalized spacial score (nSPS) is 16.0. The lowest BCUT2D eigenvalue weighted by atomic mass is 9.74. The molecule has 10 heteroatoms. The van der Waals surface area contributed by atoms with Crippen LogP contribution in [0.5, 0.6) is 0 Å². The fourth-order valence-corrected chi connectivity index (χ4v) is 2.35. The van der Waals surface area contributed by atoms with Gasteiger partial charge in [0.2, 0.25) is 5.91 Å². The van der Waals surface area contributed by atoms with E-state index in [1.54, 1.807) is 0 Å². The molecule has 0 radical (unpaired) electrons. The third kappa shape index (κ3) is 4.66. The molecule has 0 saturated carbocycles. The third-order valence-corrected chi connectivity index (χ3v) is 3.60. The second-order valence-corrected chi connectivity index (χ2v) is 5.61. The number of hydrogen-bond donors (Lipinski definition) is 5. The molecule has 0 rings (SSSR count). The van der Waals surface area contributed by atoms with Crippen molar-refractivity contribution in [3.05, 3.63) is 0 Å². The van der Waals surface area contributed by atoms with E-state index in [0.29, 0.717) is 0 Å². The topological polar surface area (TPSA) is 196 Å². The predicted octanol–water partition coefficient (Wildman–Crippen LogP) is -2.69. The first-order chi connectivity index (χ1) is 10.9. The van der Waals surface area contributed by atoms with Crippen LogP contribution in [0.15, 0.2) is 0 Å². The van der Waals surface area contributed by atoms with E-state index in [-0.39, 0.29) is 13.0 Å². The number of Topliss-reactive ketones (excluding diaryl/α,β-unsaturated/α-hetero) is 3. The summed E-state index contributed by atoms with van der Waals surface area (Å²) in [7, 11) is 0. The van der Waals surface area contributed by atoms with E-state index in [0.717, 1.165) is 13.8 Å². The molecule has 0 fully saturated rings. The average molecular weight is 344 g/mol. The second kappa shape index (κ2) is 8.62. The molecule has 0 aromatic carbocycles. The largest absolute Gasteiger partial charge is 0.480 e. The van der Waals surface area contributed by atoms with Crippen molar-refractivity contribution < 1.29 is 29.1 Å². The molecule has 0 aliphatic rings. The Morgan fingerprint density at radius 2 is 1.58 bits per heavy atom. The predicted molar refractivity (Wildman–Crippen MR) is 83.7 cm³/mol. The SMILES string of the molecule is CC(=O)C(C(C)=O)C(N)(C(=O)O)C(=O)C(C)NC(=O)C(N)CCN. The molecular formula is C14H24N4O6. The fourth-order valence-electron chi connectivity index (χ4n) is 2.35. The molecule has 0 saturated heterocycles. The molecule has 3 atom stereocenters. The van der Waals surface area contributed by atoms with Crippen molar-refractivity contribution in [1.82, 2.24) is 5.32 Å². The van der Waals surface area contributed by atoms with E-state index in [1.807, 2.05) is 0 Å². The summed E-state index contributed by atoms with van der Waals surface area (Å²) in [5.41, 5.74) is 13.7. The summed E-state index contributed by atoms with van der Waals surface area (Å²) < 4.78 is 0. The van der Waals surface area contributed by atoms with Crippen LogP contribution in [0.4, 0.5) is 0 Å². The van der Waals surface area contributed by atoms with E-state index in [9.17, 15) is 29.1 Å². The van der Waals surface area contributed by atoms with Gasteiger partial charge in [0, 0.05) is 0 Å². The Hall–Kier alpha value is -2.17. The Labute approximate surface area is 139 Å². The van der Waals surface area contributed by atoms with Gasteiger partial charge in [-0.15, -0.1) is 0 Å². The minimum atomic E-state index is -2.79. The van der Waals surface area contributed by atoms with E-state index < -0.39 is 52.8 Å². The number of ketones is 3. The number of carbonyl (C=O) groups is 5. The quantitative estimate of drug-likeness (QED) is 0.262. The van der Waals surface area contributed by atoms with Crippen LogP contribution in [0.3, 0.4) is 0 Å². The first-order valence-corrected chi connectivity index (χ1v) is 7.24. The van der Waals surface area contributed by atoms with Crippen LogP contribution in [0.1, 0.15) is 27.2 Å². The molecule has 0 aliphatic heterocycles. The summed E-state index contributed by atoms with van der Waals surface area (Å²) in [5, 5.41) is 11.6. The average Bonchev–Trinajstić information content (AvgIpc) is 2.45. The molecule has 10 nitrogen and oxygen atoms in total. The molecule has 0 bridgehead atoms. The summed E-state index contributed by atoms with van der Waals surface area (Å²) in [6.45, 7) is 3.26. The Balaban J connectivity index is 5.57. The van der Waals surface area contributed by atoms with Gasteiger partial charge in [-0.1, -0.05) is 0 Å². The zero-order valence-electron chi connectivity index (χ0n) is 13.9. The molecule has 0 aliphatic carbocycles. The summed E-state index contributed by atoms with van der Waals surface area (Å²) in [4.78, 5) is 59.1. The number of carboxylic acid groups (broad SMARTS) is 1. The lowest BCUT2D eigenvalue weighted by Crippen LogP contribution is -2.68. The lowest BCUT2D eigenvalue weighted by molar-refractivity contribution is -0.157. The van der Waals surface area contributed by atoms with Crippen LogP contribution in [0.25, 0.3) is 0 Å². The number of nitrogens with one attached hydrogen (secondary N) is 1. The molecule has 0 spiro atoms. The van der Waals surface area contributed by atoms with Crippen molar-refractivity contribution in [1.29, 1.82) is 0 Å². The minimum Gasteiger partial charge on any atom is -0.480 e. The number of carboxylic acids is 1. The first-order valence-electron chi connectivity index (χ1n) is 7.24. The van der Waals surface area contributed by atoms with E-state index in [2.05, 4.69) is 5.32 Å². The number of nitrogens with two attached hydrogens (primary N) is 3. The highest BCUT2D eigenvalue weighted by Gasteiger charge is 2.54.